The smallest absolute Gasteiger partial charge is 0.246 e. The topological polar surface area (TPSA) is 59.9 Å². The van der Waals surface area contributed by atoms with Crippen LogP contribution in [-0.2, 0) is 4.79 Å². The van der Waals surface area contributed by atoms with Gasteiger partial charge in [0.15, 0.2) is 11.5 Å². The van der Waals surface area contributed by atoms with Gasteiger partial charge in [-0.3, -0.25) is 9.79 Å². The molecule has 1 N–H and O–H groups in total. The quantitative estimate of drug-likeness (QED) is 0.896. The van der Waals surface area contributed by atoms with Gasteiger partial charge in [-0.2, -0.15) is 0 Å². The molecule has 1 heterocycles. The molecule has 0 bridgehead atoms. The van der Waals surface area contributed by atoms with Gasteiger partial charge < -0.3 is 14.8 Å². The number of rotatable bonds is 3. The maximum absolute atomic E-state index is 12.0. The minimum atomic E-state index is -0.166. The number of halogens is 1. The fraction of sp³-hybridized carbons (Fsp3) is 0.176. The lowest BCUT2D eigenvalue weighted by atomic mass is 10.00. The summed E-state index contributed by atoms with van der Waals surface area (Å²) in [6.45, 7) is 0.0655. The van der Waals surface area contributed by atoms with Gasteiger partial charge in [0, 0.05) is 21.7 Å². The molecule has 6 heteroatoms. The molecule has 23 heavy (non-hydrogen) atoms. The highest BCUT2D eigenvalue weighted by Crippen LogP contribution is 2.36. The Kier molecular flexibility index (Phi) is 4.34. The van der Waals surface area contributed by atoms with Crippen molar-refractivity contribution < 1.29 is 14.3 Å². The molecule has 0 spiro atoms. The highest BCUT2D eigenvalue weighted by molar-refractivity contribution is 9.10. The van der Waals surface area contributed by atoms with Gasteiger partial charge in [-0.1, -0.05) is 34.1 Å². The normalized spacial score (nSPS) is 13.5. The van der Waals surface area contributed by atoms with Crippen LogP contribution in [0.3, 0.4) is 0 Å². The summed E-state index contributed by atoms with van der Waals surface area (Å²) in [6, 6.07) is 11.4. The van der Waals surface area contributed by atoms with E-state index in [0.29, 0.717) is 17.2 Å². The van der Waals surface area contributed by atoms with E-state index in [0.717, 1.165) is 21.3 Å². The van der Waals surface area contributed by atoms with Crippen molar-refractivity contribution in [3.63, 3.8) is 0 Å². The summed E-state index contributed by atoms with van der Waals surface area (Å²) < 4.78 is 11.6. The number of nitrogens with one attached hydrogen (secondary N) is 1. The molecule has 2 aromatic rings. The van der Waals surface area contributed by atoms with Crippen LogP contribution >= 0.6 is 15.9 Å². The van der Waals surface area contributed by atoms with Crippen molar-refractivity contribution >= 4 is 33.2 Å². The third kappa shape index (κ3) is 2.94. The van der Waals surface area contributed by atoms with Gasteiger partial charge in [0.05, 0.1) is 25.6 Å². The molecule has 0 saturated carbocycles. The van der Waals surface area contributed by atoms with E-state index in [-0.39, 0.29) is 12.5 Å². The summed E-state index contributed by atoms with van der Waals surface area (Å²) in [7, 11) is 3.14. The first-order valence-corrected chi connectivity index (χ1v) is 7.79. The fourth-order valence-electron chi connectivity index (χ4n) is 2.49. The summed E-state index contributed by atoms with van der Waals surface area (Å²) in [5, 5.41) is 2.86. The zero-order valence-corrected chi connectivity index (χ0v) is 14.3. The van der Waals surface area contributed by atoms with Gasteiger partial charge in [-0.25, -0.2) is 0 Å². The number of nitrogens with zero attached hydrogens (tertiary/aromatic N) is 1. The SMILES string of the molecule is COc1cc2c(cc1OC)C(c1ccccc1Br)=NCC(=O)N2. The number of carbonyl (C=O) groups is 1. The number of carbonyl (C=O) groups excluding carboxylic acids is 1. The lowest BCUT2D eigenvalue weighted by molar-refractivity contribution is -0.114. The molecule has 1 aliphatic heterocycles. The Morgan fingerprint density at radius 1 is 1.09 bits per heavy atom. The average Bonchev–Trinajstić information content (AvgIpc) is 2.72. The Hall–Kier alpha value is -2.34. The van der Waals surface area contributed by atoms with Crippen molar-refractivity contribution in [1.29, 1.82) is 0 Å². The summed E-state index contributed by atoms with van der Waals surface area (Å²) >= 11 is 3.55. The third-order valence-electron chi connectivity index (χ3n) is 3.56. The van der Waals surface area contributed by atoms with E-state index in [1.54, 1.807) is 20.3 Å². The van der Waals surface area contributed by atoms with Crippen LogP contribution < -0.4 is 14.8 Å². The lowest BCUT2D eigenvalue weighted by Gasteiger charge is -2.15. The Labute approximate surface area is 142 Å². The van der Waals surface area contributed by atoms with Crippen LogP contribution in [0.2, 0.25) is 0 Å². The van der Waals surface area contributed by atoms with Gasteiger partial charge in [-0.15, -0.1) is 0 Å². The minimum absolute atomic E-state index is 0.0655. The number of methoxy groups -OCH3 is 2. The van der Waals surface area contributed by atoms with Gasteiger partial charge in [-0.05, 0) is 12.1 Å². The first-order valence-electron chi connectivity index (χ1n) is 6.99. The first-order chi connectivity index (χ1) is 11.1. The standard InChI is InChI=1S/C17H15BrN2O3/c1-22-14-7-11-13(8-15(14)23-2)20-16(21)9-19-17(11)10-5-3-4-6-12(10)18/h3-8H,9H2,1-2H3,(H,20,21). The van der Waals surface area contributed by atoms with Crippen molar-refractivity contribution in [2.45, 2.75) is 0 Å². The van der Waals surface area contributed by atoms with Crippen molar-refractivity contribution in [3.8, 4) is 11.5 Å². The number of benzene rings is 2. The molecule has 5 nitrogen and oxygen atoms in total. The molecule has 2 aromatic carbocycles. The molecule has 1 amide bonds. The van der Waals surface area contributed by atoms with E-state index >= 15 is 0 Å². The average molecular weight is 375 g/mol. The predicted molar refractivity (Wildman–Crippen MR) is 92.8 cm³/mol. The van der Waals surface area contributed by atoms with Crippen LogP contribution in [0.5, 0.6) is 11.5 Å². The van der Waals surface area contributed by atoms with Crippen LogP contribution in [0.1, 0.15) is 11.1 Å². The molecule has 3 rings (SSSR count). The van der Waals surface area contributed by atoms with Crippen LogP contribution in [0.4, 0.5) is 5.69 Å². The summed E-state index contributed by atoms with van der Waals surface area (Å²) in [6.07, 6.45) is 0. The van der Waals surface area contributed by atoms with Gasteiger partial charge in [0.2, 0.25) is 5.91 Å². The maximum Gasteiger partial charge on any atom is 0.246 e. The molecule has 0 aliphatic carbocycles. The van der Waals surface area contributed by atoms with Crippen molar-refractivity contribution in [1.82, 2.24) is 0 Å². The van der Waals surface area contributed by atoms with Gasteiger partial charge in [0.1, 0.15) is 6.54 Å². The van der Waals surface area contributed by atoms with Crippen LogP contribution in [0.25, 0.3) is 0 Å². The molecule has 1 aliphatic rings. The number of aliphatic imine (C=N–C) groups is 1. The number of benzodiazepines with no additional fused rings is 1. The van der Waals surface area contributed by atoms with Crippen molar-refractivity contribution in [2.75, 3.05) is 26.1 Å². The van der Waals surface area contributed by atoms with Crippen LogP contribution in [0.15, 0.2) is 45.9 Å². The van der Waals surface area contributed by atoms with E-state index in [4.69, 9.17) is 9.47 Å². The molecule has 0 saturated heterocycles. The summed E-state index contributed by atoms with van der Waals surface area (Å²) in [5.41, 5.74) is 3.09. The number of hydrogen-bond acceptors (Lipinski definition) is 4. The van der Waals surface area contributed by atoms with E-state index in [1.807, 2.05) is 30.3 Å². The Morgan fingerprint density at radius 3 is 2.48 bits per heavy atom. The van der Waals surface area contributed by atoms with Crippen molar-refractivity contribution in [3.05, 3.63) is 52.0 Å². The van der Waals surface area contributed by atoms with Gasteiger partial charge in [0.25, 0.3) is 0 Å². The second-order valence-electron chi connectivity index (χ2n) is 4.95. The second-order valence-corrected chi connectivity index (χ2v) is 5.80. The van der Waals surface area contributed by atoms with Crippen molar-refractivity contribution in [2.24, 2.45) is 4.99 Å². The summed E-state index contributed by atoms with van der Waals surface area (Å²) in [4.78, 5) is 16.4. The molecule has 0 fully saturated rings. The Bertz CT molecular complexity index is 802. The maximum atomic E-state index is 12.0. The number of fused-ring (bicyclic) bond motifs is 1. The lowest BCUT2D eigenvalue weighted by Crippen LogP contribution is -2.13. The Balaban J connectivity index is 2.24. The van der Waals surface area contributed by atoms with Crippen LogP contribution in [-0.4, -0.2) is 32.4 Å². The molecule has 0 radical (unpaired) electrons. The van der Waals surface area contributed by atoms with E-state index in [1.165, 1.54) is 0 Å². The Morgan fingerprint density at radius 2 is 1.78 bits per heavy atom. The number of anilines is 1. The first kappa shape index (κ1) is 15.6. The molecular formula is C17H15BrN2O3. The predicted octanol–water partition coefficient (Wildman–Crippen LogP) is 3.26. The van der Waals surface area contributed by atoms with Gasteiger partial charge >= 0.3 is 0 Å². The highest BCUT2D eigenvalue weighted by Gasteiger charge is 2.22. The third-order valence-corrected chi connectivity index (χ3v) is 4.25. The number of hydrogen-bond donors (Lipinski definition) is 1. The second kappa shape index (κ2) is 6.42. The number of amides is 1. The largest absolute Gasteiger partial charge is 0.493 e. The zero-order chi connectivity index (χ0) is 16.4. The van der Waals surface area contributed by atoms with E-state index in [9.17, 15) is 4.79 Å². The summed E-state index contributed by atoms with van der Waals surface area (Å²) in [5.74, 6) is 0.975. The molecule has 0 aromatic heterocycles. The fourth-order valence-corrected chi connectivity index (χ4v) is 2.96. The molecule has 118 valence electrons. The van der Waals surface area contributed by atoms with E-state index in [2.05, 4.69) is 26.2 Å². The monoisotopic (exact) mass is 374 g/mol. The van der Waals surface area contributed by atoms with Crippen LogP contribution in [0, 0.1) is 0 Å². The van der Waals surface area contributed by atoms with E-state index < -0.39 is 0 Å². The highest BCUT2D eigenvalue weighted by atomic mass is 79.9. The molecular weight excluding hydrogens is 360 g/mol. The number of ether oxygens (including phenoxy) is 2. The zero-order valence-electron chi connectivity index (χ0n) is 12.7. The molecule has 0 atom stereocenters. The molecule has 0 unspecified atom stereocenters. The minimum Gasteiger partial charge on any atom is -0.493 e.